The molecule has 0 radical (unpaired) electrons. The highest BCUT2D eigenvalue weighted by molar-refractivity contribution is 5.76. The van der Waals surface area contributed by atoms with Crippen LogP contribution in [-0.4, -0.2) is 49.9 Å². The molecule has 7 nitrogen and oxygen atoms in total. The van der Waals surface area contributed by atoms with Crippen LogP contribution >= 0.6 is 0 Å². The third-order valence-electron chi connectivity index (χ3n) is 5.10. The van der Waals surface area contributed by atoms with Crippen molar-refractivity contribution in [1.29, 1.82) is 0 Å². The first-order valence-corrected chi connectivity index (χ1v) is 9.21. The number of ether oxygens (including phenoxy) is 2. The van der Waals surface area contributed by atoms with E-state index in [-0.39, 0.29) is 23.7 Å². The minimum Gasteiger partial charge on any atom is -0.497 e. The van der Waals surface area contributed by atoms with Crippen molar-refractivity contribution in [3.8, 4) is 5.75 Å². The molecule has 7 heteroatoms. The topological polar surface area (TPSA) is 79.9 Å². The third kappa shape index (κ3) is 4.20. The van der Waals surface area contributed by atoms with Crippen molar-refractivity contribution in [2.24, 2.45) is 0 Å². The predicted octanol–water partition coefficient (Wildman–Crippen LogP) is 2.60. The van der Waals surface area contributed by atoms with Crippen molar-refractivity contribution in [3.05, 3.63) is 29.8 Å². The normalized spacial score (nSPS) is 18.8. The van der Waals surface area contributed by atoms with Crippen LogP contribution in [-0.2, 0) is 10.3 Å². The second kappa shape index (κ2) is 7.85. The molecule has 0 aromatic heterocycles. The fourth-order valence-electron chi connectivity index (χ4n) is 3.38. The molecule has 2 aliphatic rings. The van der Waals surface area contributed by atoms with Gasteiger partial charge in [-0.25, -0.2) is 9.59 Å². The fourth-order valence-corrected chi connectivity index (χ4v) is 3.38. The fraction of sp³-hybridized carbons (Fsp3) is 0.579. The lowest BCUT2D eigenvalue weighted by molar-refractivity contribution is 0.0957. The number of amides is 3. The summed E-state index contributed by atoms with van der Waals surface area (Å²) in [5.74, 6) is 0.808. The first kappa shape index (κ1) is 18.4. The molecule has 0 atom stereocenters. The molecule has 3 rings (SSSR count). The summed E-state index contributed by atoms with van der Waals surface area (Å²) in [7, 11) is 1.64. The molecule has 1 heterocycles. The first-order chi connectivity index (χ1) is 12.6. The van der Waals surface area contributed by atoms with E-state index >= 15 is 0 Å². The second-order valence-corrected chi connectivity index (χ2v) is 6.87. The van der Waals surface area contributed by atoms with Gasteiger partial charge < -0.3 is 25.0 Å². The second-order valence-electron chi connectivity index (χ2n) is 6.87. The van der Waals surface area contributed by atoms with Gasteiger partial charge in [0.1, 0.15) is 5.75 Å². The van der Waals surface area contributed by atoms with Crippen LogP contribution in [0, 0.1) is 0 Å². The minimum absolute atomic E-state index is 0.0762. The highest BCUT2D eigenvalue weighted by atomic mass is 16.6. The largest absolute Gasteiger partial charge is 0.497 e. The summed E-state index contributed by atoms with van der Waals surface area (Å²) in [5, 5.41) is 6.17. The molecule has 2 fully saturated rings. The van der Waals surface area contributed by atoms with E-state index in [1.54, 1.807) is 18.9 Å². The average molecular weight is 361 g/mol. The van der Waals surface area contributed by atoms with Gasteiger partial charge in [0.2, 0.25) is 0 Å². The molecule has 0 unspecified atom stereocenters. The molecule has 1 saturated heterocycles. The third-order valence-corrected chi connectivity index (χ3v) is 5.10. The molecule has 1 saturated carbocycles. The number of carbonyl (C=O) groups excluding carboxylic acids is 2. The van der Waals surface area contributed by atoms with Crippen LogP contribution in [0.5, 0.6) is 5.75 Å². The van der Waals surface area contributed by atoms with Crippen LogP contribution < -0.4 is 15.4 Å². The van der Waals surface area contributed by atoms with Gasteiger partial charge in [0.15, 0.2) is 0 Å². The van der Waals surface area contributed by atoms with Gasteiger partial charge in [-0.3, -0.25) is 0 Å². The van der Waals surface area contributed by atoms with Crippen LogP contribution in [0.25, 0.3) is 0 Å². The molecule has 2 N–H and O–H groups in total. The van der Waals surface area contributed by atoms with E-state index in [1.807, 2.05) is 24.3 Å². The summed E-state index contributed by atoms with van der Waals surface area (Å²) in [6.45, 7) is 3.39. The highest BCUT2D eigenvalue weighted by Crippen LogP contribution is 2.45. The molecule has 1 aliphatic heterocycles. The summed E-state index contributed by atoms with van der Waals surface area (Å²) in [5.41, 5.74) is 0.840. The number of hydrogen-bond acceptors (Lipinski definition) is 4. The Labute approximate surface area is 154 Å². The Hall–Kier alpha value is -2.44. The zero-order valence-electron chi connectivity index (χ0n) is 15.4. The smallest absolute Gasteiger partial charge is 0.409 e. The van der Waals surface area contributed by atoms with Gasteiger partial charge in [0, 0.05) is 19.1 Å². The lowest BCUT2D eigenvalue weighted by Crippen LogP contribution is -2.51. The standard InChI is InChI=1S/C19H27N3O4/c1-3-26-18(24)22-12-8-15(9-13-22)20-17(23)21-19(10-11-19)14-4-6-16(25-2)7-5-14/h4-7,15H,3,8-13H2,1-2H3,(H2,20,21,23). The predicted molar refractivity (Wildman–Crippen MR) is 97.2 cm³/mol. The van der Waals surface area contributed by atoms with Gasteiger partial charge in [-0.2, -0.15) is 0 Å². The van der Waals surface area contributed by atoms with Crippen molar-refractivity contribution in [2.75, 3.05) is 26.8 Å². The van der Waals surface area contributed by atoms with Gasteiger partial charge in [0.25, 0.3) is 0 Å². The van der Waals surface area contributed by atoms with E-state index in [9.17, 15) is 9.59 Å². The molecule has 1 aromatic rings. The zero-order chi connectivity index (χ0) is 18.6. The Morgan fingerprint density at radius 3 is 2.38 bits per heavy atom. The quantitative estimate of drug-likeness (QED) is 0.845. The summed E-state index contributed by atoms with van der Waals surface area (Å²) < 4.78 is 10.2. The summed E-state index contributed by atoms with van der Waals surface area (Å²) in [4.78, 5) is 25.8. The average Bonchev–Trinajstić information content (AvgIpc) is 3.43. The van der Waals surface area contributed by atoms with Crippen molar-refractivity contribution in [1.82, 2.24) is 15.5 Å². The van der Waals surface area contributed by atoms with Crippen molar-refractivity contribution < 1.29 is 19.1 Å². The molecular formula is C19H27N3O4. The van der Waals surface area contributed by atoms with E-state index in [0.29, 0.717) is 19.7 Å². The van der Waals surface area contributed by atoms with Gasteiger partial charge in [-0.15, -0.1) is 0 Å². The SMILES string of the molecule is CCOC(=O)N1CCC(NC(=O)NC2(c3ccc(OC)cc3)CC2)CC1. The Kier molecular flexibility index (Phi) is 5.54. The number of piperidine rings is 1. The zero-order valence-corrected chi connectivity index (χ0v) is 15.4. The molecule has 1 aliphatic carbocycles. The lowest BCUT2D eigenvalue weighted by atomic mass is 10.0. The molecule has 26 heavy (non-hydrogen) atoms. The van der Waals surface area contributed by atoms with Crippen LogP contribution in [0.3, 0.4) is 0 Å². The van der Waals surface area contributed by atoms with Crippen LogP contribution in [0.4, 0.5) is 9.59 Å². The lowest BCUT2D eigenvalue weighted by Gasteiger charge is -2.32. The van der Waals surface area contributed by atoms with Gasteiger partial charge >= 0.3 is 12.1 Å². The van der Waals surface area contributed by atoms with Crippen LogP contribution in [0.15, 0.2) is 24.3 Å². The van der Waals surface area contributed by atoms with Crippen molar-refractivity contribution in [3.63, 3.8) is 0 Å². The number of nitrogens with one attached hydrogen (secondary N) is 2. The van der Waals surface area contributed by atoms with Crippen molar-refractivity contribution >= 4 is 12.1 Å². The number of likely N-dealkylation sites (tertiary alicyclic amines) is 1. The maximum Gasteiger partial charge on any atom is 0.409 e. The van der Waals surface area contributed by atoms with Crippen LogP contribution in [0.1, 0.15) is 38.2 Å². The van der Waals surface area contributed by atoms with Gasteiger partial charge in [-0.1, -0.05) is 12.1 Å². The molecule has 142 valence electrons. The Balaban J connectivity index is 1.48. The van der Waals surface area contributed by atoms with E-state index < -0.39 is 0 Å². The number of methoxy groups -OCH3 is 1. The van der Waals surface area contributed by atoms with E-state index in [1.165, 1.54) is 0 Å². The summed E-state index contributed by atoms with van der Waals surface area (Å²) in [6.07, 6.45) is 3.08. The number of rotatable bonds is 5. The Morgan fingerprint density at radius 2 is 1.85 bits per heavy atom. The number of nitrogens with zero attached hydrogens (tertiary/aromatic N) is 1. The number of hydrogen-bond donors (Lipinski definition) is 2. The number of urea groups is 1. The maximum absolute atomic E-state index is 12.4. The van der Waals surface area contributed by atoms with Crippen molar-refractivity contribution in [2.45, 2.75) is 44.2 Å². The molecule has 1 aromatic carbocycles. The number of benzene rings is 1. The number of carbonyl (C=O) groups is 2. The van der Waals surface area contributed by atoms with E-state index in [2.05, 4.69) is 10.6 Å². The maximum atomic E-state index is 12.4. The minimum atomic E-state index is -0.271. The molecule has 0 spiro atoms. The monoisotopic (exact) mass is 361 g/mol. The van der Waals surface area contributed by atoms with Gasteiger partial charge in [-0.05, 0) is 50.3 Å². The molecular weight excluding hydrogens is 334 g/mol. The highest BCUT2D eigenvalue weighted by Gasteiger charge is 2.45. The summed E-state index contributed by atoms with van der Waals surface area (Å²) >= 11 is 0. The van der Waals surface area contributed by atoms with Gasteiger partial charge in [0.05, 0.1) is 19.3 Å². The van der Waals surface area contributed by atoms with E-state index in [0.717, 1.165) is 37.0 Å². The molecule has 3 amide bonds. The van der Waals surface area contributed by atoms with E-state index in [4.69, 9.17) is 9.47 Å². The summed E-state index contributed by atoms with van der Waals surface area (Å²) in [6, 6.07) is 7.77. The first-order valence-electron chi connectivity index (χ1n) is 9.21. The Morgan fingerprint density at radius 1 is 1.19 bits per heavy atom. The Bertz CT molecular complexity index is 635. The molecule has 0 bridgehead atoms. The van der Waals surface area contributed by atoms with Crippen LogP contribution in [0.2, 0.25) is 0 Å².